The van der Waals surface area contributed by atoms with E-state index in [1.165, 1.54) is 49.5 Å². The molecule has 1 aliphatic heterocycles. The molecule has 2 aromatic carbocycles. The predicted octanol–water partition coefficient (Wildman–Crippen LogP) is 4.53. The van der Waals surface area contributed by atoms with Gasteiger partial charge in [0.2, 0.25) is 5.91 Å². The monoisotopic (exact) mass is 579 g/mol. The summed E-state index contributed by atoms with van der Waals surface area (Å²) >= 11 is 18.0. The van der Waals surface area contributed by atoms with Crippen molar-refractivity contribution in [1.29, 1.82) is 0 Å². The molecule has 198 valence electrons. The van der Waals surface area contributed by atoms with E-state index in [1.54, 1.807) is 12.1 Å². The van der Waals surface area contributed by atoms with Crippen LogP contribution < -0.4 is 11.0 Å². The Hall–Kier alpha value is -3.44. The number of carbonyl (C=O) groups is 3. The molecule has 1 saturated heterocycles. The van der Waals surface area contributed by atoms with Crippen molar-refractivity contribution in [2.24, 2.45) is 0 Å². The highest BCUT2D eigenvalue weighted by atomic mass is 35.5. The van der Waals surface area contributed by atoms with Crippen molar-refractivity contribution in [3.8, 4) is 0 Å². The smallest absolute Gasteiger partial charge is 0.351 e. The summed E-state index contributed by atoms with van der Waals surface area (Å²) in [5.74, 6) is -1.88. The number of anilines is 1. The first-order valence-electron chi connectivity index (χ1n) is 11.2. The van der Waals surface area contributed by atoms with Crippen LogP contribution in [0.3, 0.4) is 0 Å². The molecular formula is C25H20Cl3N3O7. The highest BCUT2D eigenvalue weighted by Gasteiger charge is 2.41. The SMILES string of the molecule is CC(=O)Nc1nc(=O)n([C@@H]2O[C@H](COC(=O)c3ccc(Cl)cc3)C[C@H]2OC(=O)c2ccc(Cl)cc2)cc1Cl. The van der Waals surface area contributed by atoms with Gasteiger partial charge >= 0.3 is 17.6 Å². The Morgan fingerprint density at radius 1 is 1.00 bits per heavy atom. The molecule has 0 aliphatic carbocycles. The van der Waals surface area contributed by atoms with Gasteiger partial charge in [-0.05, 0) is 48.5 Å². The molecule has 10 nitrogen and oxygen atoms in total. The lowest BCUT2D eigenvalue weighted by molar-refractivity contribution is -0.114. The number of ether oxygens (including phenoxy) is 3. The van der Waals surface area contributed by atoms with Gasteiger partial charge in [0.15, 0.2) is 12.0 Å². The summed E-state index contributed by atoms with van der Waals surface area (Å²) in [6.45, 7) is 1.05. The lowest BCUT2D eigenvalue weighted by Gasteiger charge is -2.21. The van der Waals surface area contributed by atoms with E-state index in [1.807, 2.05) is 0 Å². The number of hydrogen-bond acceptors (Lipinski definition) is 8. The van der Waals surface area contributed by atoms with Crippen LogP contribution in [0.15, 0.2) is 59.5 Å². The van der Waals surface area contributed by atoms with E-state index in [0.29, 0.717) is 10.0 Å². The minimum absolute atomic E-state index is 0.0382. The Morgan fingerprint density at radius 3 is 2.16 bits per heavy atom. The second-order valence-corrected chi connectivity index (χ2v) is 9.53. The molecule has 13 heteroatoms. The van der Waals surface area contributed by atoms with Crippen molar-refractivity contribution in [2.75, 3.05) is 11.9 Å². The van der Waals surface area contributed by atoms with E-state index in [4.69, 9.17) is 49.0 Å². The van der Waals surface area contributed by atoms with Gasteiger partial charge in [-0.25, -0.2) is 14.4 Å². The molecule has 3 aromatic rings. The number of nitrogens with one attached hydrogen (secondary N) is 1. The molecule has 0 radical (unpaired) electrons. The summed E-state index contributed by atoms with van der Waals surface area (Å²) in [6.07, 6.45) is -1.54. The van der Waals surface area contributed by atoms with E-state index in [2.05, 4.69) is 10.3 Å². The fourth-order valence-corrected chi connectivity index (χ4v) is 4.13. The third kappa shape index (κ3) is 6.70. The topological polar surface area (TPSA) is 126 Å². The van der Waals surface area contributed by atoms with Crippen molar-refractivity contribution in [3.05, 3.63) is 91.4 Å². The molecule has 0 unspecified atom stereocenters. The molecule has 0 bridgehead atoms. The van der Waals surface area contributed by atoms with Crippen LogP contribution in [0.5, 0.6) is 0 Å². The molecule has 4 rings (SSSR count). The van der Waals surface area contributed by atoms with Crippen molar-refractivity contribution in [1.82, 2.24) is 9.55 Å². The quantitative estimate of drug-likeness (QED) is 0.404. The second-order valence-electron chi connectivity index (χ2n) is 8.25. The van der Waals surface area contributed by atoms with Crippen molar-refractivity contribution in [2.45, 2.75) is 31.8 Å². The number of esters is 2. The van der Waals surface area contributed by atoms with Crippen LogP contribution in [-0.4, -0.2) is 46.2 Å². The van der Waals surface area contributed by atoms with Gasteiger partial charge in [0.05, 0.1) is 22.3 Å². The Bertz CT molecular complexity index is 1410. The number of hydrogen-bond donors (Lipinski definition) is 1. The number of carbonyl (C=O) groups excluding carboxylic acids is 3. The maximum absolute atomic E-state index is 12.8. The lowest BCUT2D eigenvalue weighted by Crippen LogP contribution is -2.34. The molecule has 38 heavy (non-hydrogen) atoms. The van der Waals surface area contributed by atoms with Crippen LogP contribution in [0.1, 0.15) is 40.3 Å². The minimum Gasteiger partial charge on any atom is -0.459 e. The van der Waals surface area contributed by atoms with E-state index < -0.39 is 42.0 Å². The van der Waals surface area contributed by atoms with Crippen LogP contribution in [-0.2, 0) is 19.0 Å². The summed E-state index contributed by atoms with van der Waals surface area (Å²) in [6, 6.07) is 12.2. The van der Waals surface area contributed by atoms with Crippen LogP contribution in [0.25, 0.3) is 0 Å². The number of amides is 1. The van der Waals surface area contributed by atoms with Gasteiger partial charge < -0.3 is 19.5 Å². The first-order valence-corrected chi connectivity index (χ1v) is 12.3. The second kappa shape index (κ2) is 12.0. The largest absolute Gasteiger partial charge is 0.459 e. The molecule has 1 aliphatic rings. The van der Waals surface area contributed by atoms with Crippen LogP contribution in [0.4, 0.5) is 5.82 Å². The van der Waals surface area contributed by atoms with E-state index >= 15 is 0 Å². The zero-order chi connectivity index (χ0) is 27.4. The Balaban J connectivity index is 1.55. The highest BCUT2D eigenvalue weighted by molar-refractivity contribution is 6.33. The molecule has 1 N–H and O–H groups in total. The summed E-state index contributed by atoms with van der Waals surface area (Å²) in [7, 11) is 0. The van der Waals surface area contributed by atoms with Gasteiger partial charge in [-0.15, -0.1) is 0 Å². The van der Waals surface area contributed by atoms with Crippen molar-refractivity contribution in [3.63, 3.8) is 0 Å². The summed E-state index contributed by atoms with van der Waals surface area (Å²) in [5.41, 5.74) is -0.291. The molecular weight excluding hydrogens is 561 g/mol. The standard InChI is InChI=1S/C25H20Cl3N3O7/c1-13(32)29-21-19(28)11-31(25(35)30-21)22-20(38-24(34)15-4-8-17(27)9-5-15)10-18(37-22)12-36-23(33)14-2-6-16(26)7-3-14/h2-9,11,18,20,22H,10,12H2,1H3,(H,29,30,32,35)/t18-,20+,22+/m0/s1. The van der Waals surface area contributed by atoms with E-state index in [9.17, 15) is 19.2 Å². The van der Waals surface area contributed by atoms with Crippen molar-refractivity contribution < 1.29 is 28.6 Å². The number of benzene rings is 2. The first kappa shape index (κ1) is 27.6. The molecule has 0 saturated carbocycles. The minimum atomic E-state index is -1.14. The summed E-state index contributed by atoms with van der Waals surface area (Å²) in [5, 5.41) is 3.24. The zero-order valence-corrected chi connectivity index (χ0v) is 22.0. The number of rotatable bonds is 7. The molecule has 3 atom stereocenters. The van der Waals surface area contributed by atoms with Gasteiger partial charge in [-0.1, -0.05) is 34.8 Å². The molecule has 1 amide bonds. The van der Waals surface area contributed by atoms with Gasteiger partial charge in [0, 0.05) is 29.6 Å². The molecule has 1 fully saturated rings. The lowest BCUT2D eigenvalue weighted by atomic mass is 10.2. The van der Waals surface area contributed by atoms with Gasteiger partial charge in [-0.3, -0.25) is 9.36 Å². The Morgan fingerprint density at radius 2 is 1.58 bits per heavy atom. The Kier molecular flexibility index (Phi) is 8.68. The third-order valence-corrected chi connectivity index (χ3v) is 6.22. The third-order valence-electron chi connectivity index (χ3n) is 5.44. The van der Waals surface area contributed by atoms with Crippen molar-refractivity contribution >= 4 is 58.5 Å². The molecule has 2 heterocycles. The predicted molar refractivity (Wildman–Crippen MR) is 139 cm³/mol. The number of halogens is 3. The zero-order valence-electron chi connectivity index (χ0n) is 19.7. The van der Waals surface area contributed by atoms with Gasteiger partial charge in [0.1, 0.15) is 12.7 Å². The van der Waals surface area contributed by atoms with E-state index in [-0.39, 0.29) is 35.0 Å². The number of aromatic nitrogens is 2. The maximum atomic E-state index is 12.8. The summed E-state index contributed by atoms with van der Waals surface area (Å²) < 4.78 is 18.0. The first-order chi connectivity index (χ1) is 18.1. The normalized spacial score (nSPS) is 18.6. The average Bonchev–Trinajstić information content (AvgIpc) is 3.27. The fraction of sp³-hybridized carbons (Fsp3) is 0.240. The van der Waals surface area contributed by atoms with Gasteiger partial charge in [-0.2, -0.15) is 4.98 Å². The van der Waals surface area contributed by atoms with Crippen LogP contribution >= 0.6 is 34.8 Å². The van der Waals surface area contributed by atoms with Crippen LogP contribution in [0, 0.1) is 0 Å². The van der Waals surface area contributed by atoms with Crippen LogP contribution in [0.2, 0.25) is 15.1 Å². The highest BCUT2D eigenvalue weighted by Crippen LogP contribution is 2.33. The number of nitrogens with zero attached hydrogens (tertiary/aromatic N) is 2. The fourth-order valence-electron chi connectivity index (χ4n) is 3.69. The molecule has 1 aromatic heterocycles. The maximum Gasteiger partial charge on any atom is 0.351 e. The average molecular weight is 581 g/mol. The van der Waals surface area contributed by atoms with Gasteiger partial charge in [0.25, 0.3) is 0 Å². The molecule has 0 spiro atoms. The summed E-state index contributed by atoms with van der Waals surface area (Å²) in [4.78, 5) is 53.2. The van der Waals surface area contributed by atoms with E-state index in [0.717, 1.165) is 4.57 Å². The Labute approximate surface area is 231 Å².